The van der Waals surface area contributed by atoms with Gasteiger partial charge in [0.25, 0.3) is 5.91 Å². The van der Waals surface area contributed by atoms with E-state index in [-0.39, 0.29) is 5.91 Å². The normalized spacial score (nSPS) is 14.2. The molecule has 4 rings (SSSR count). The molecule has 0 atom stereocenters. The number of methoxy groups -OCH3 is 1. The molecule has 0 N–H and O–H groups in total. The third kappa shape index (κ3) is 4.58. The summed E-state index contributed by atoms with van der Waals surface area (Å²) < 4.78 is 12.4. The van der Waals surface area contributed by atoms with Gasteiger partial charge in [-0.15, -0.1) is 0 Å². The van der Waals surface area contributed by atoms with Crippen LogP contribution in [0.2, 0.25) is 0 Å². The van der Waals surface area contributed by atoms with Crippen molar-refractivity contribution in [2.75, 3.05) is 18.6 Å². The van der Waals surface area contributed by atoms with Crippen molar-refractivity contribution in [3.05, 3.63) is 87.9 Å². The van der Waals surface area contributed by atoms with Crippen molar-refractivity contribution >= 4 is 39.2 Å². The number of benzene rings is 3. The van der Waals surface area contributed by atoms with E-state index in [9.17, 15) is 4.79 Å². The minimum Gasteiger partial charge on any atom is -0.493 e. The molecule has 164 valence electrons. The number of amides is 1. The lowest BCUT2D eigenvalue weighted by Crippen LogP contribution is -2.30. The Kier molecular flexibility index (Phi) is 6.66. The standard InChI is InChI=1S/C27H26BrNO3/c1-18(2)16-29-24-12-8-7-11-21(24)22(27(29)30)13-20-14-23(28)26(25(15-20)31-3)32-17-19-9-5-4-6-10-19/h4-15,18H,16-17H2,1-3H3/b22-13-. The summed E-state index contributed by atoms with van der Waals surface area (Å²) in [6.45, 7) is 5.36. The average Bonchev–Trinajstić information content (AvgIpc) is 3.04. The van der Waals surface area contributed by atoms with Crippen LogP contribution in [-0.2, 0) is 11.4 Å². The number of nitrogens with zero attached hydrogens (tertiary/aromatic N) is 1. The van der Waals surface area contributed by atoms with E-state index in [1.165, 1.54) is 0 Å². The highest BCUT2D eigenvalue weighted by Gasteiger charge is 2.32. The summed E-state index contributed by atoms with van der Waals surface area (Å²) in [4.78, 5) is 15.1. The Morgan fingerprint density at radius 2 is 1.75 bits per heavy atom. The van der Waals surface area contributed by atoms with Gasteiger partial charge >= 0.3 is 0 Å². The molecule has 32 heavy (non-hydrogen) atoms. The summed E-state index contributed by atoms with van der Waals surface area (Å²) in [6, 6.07) is 21.8. The fraction of sp³-hybridized carbons (Fsp3) is 0.222. The van der Waals surface area contributed by atoms with Crippen LogP contribution in [-0.4, -0.2) is 19.6 Å². The van der Waals surface area contributed by atoms with Gasteiger partial charge in [0.2, 0.25) is 0 Å². The van der Waals surface area contributed by atoms with E-state index < -0.39 is 0 Å². The molecule has 1 aliphatic rings. The van der Waals surface area contributed by atoms with Crippen LogP contribution in [0.25, 0.3) is 11.6 Å². The van der Waals surface area contributed by atoms with Crippen LogP contribution in [0.1, 0.15) is 30.5 Å². The molecule has 0 aliphatic carbocycles. The highest BCUT2D eigenvalue weighted by Crippen LogP contribution is 2.41. The molecule has 0 radical (unpaired) electrons. The highest BCUT2D eigenvalue weighted by atomic mass is 79.9. The molecule has 1 aliphatic heterocycles. The van der Waals surface area contributed by atoms with E-state index >= 15 is 0 Å². The first kappa shape index (κ1) is 22.2. The number of carbonyl (C=O) groups excluding carboxylic acids is 1. The fourth-order valence-corrected chi connectivity index (χ4v) is 4.43. The van der Waals surface area contributed by atoms with Crippen LogP contribution in [0.3, 0.4) is 0 Å². The Morgan fingerprint density at radius 1 is 1.03 bits per heavy atom. The van der Waals surface area contributed by atoms with Gasteiger partial charge in [0.05, 0.1) is 17.3 Å². The van der Waals surface area contributed by atoms with Crippen molar-refractivity contribution in [1.29, 1.82) is 0 Å². The van der Waals surface area contributed by atoms with Gasteiger partial charge in [-0.1, -0.05) is 62.4 Å². The first-order chi connectivity index (χ1) is 15.5. The molecular weight excluding hydrogens is 466 g/mol. The van der Waals surface area contributed by atoms with Gasteiger partial charge in [-0.25, -0.2) is 0 Å². The van der Waals surface area contributed by atoms with Crippen LogP contribution < -0.4 is 14.4 Å². The number of anilines is 1. The zero-order valence-corrected chi connectivity index (χ0v) is 20.1. The fourth-order valence-electron chi connectivity index (χ4n) is 3.85. The van der Waals surface area contributed by atoms with Crippen molar-refractivity contribution in [2.24, 2.45) is 5.92 Å². The van der Waals surface area contributed by atoms with Gasteiger partial charge in [0, 0.05) is 17.7 Å². The minimum atomic E-state index is 0.0272. The molecule has 0 unspecified atom stereocenters. The largest absolute Gasteiger partial charge is 0.493 e. The second-order valence-electron chi connectivity index (χ2n) is 8.19. The summed E-state index contributed by atoms with van der Waals surface area (Å²) >= 11 is 3.62. The van der Waals surface area contributed by atoms with Crippen molar-refractivity contribution in [3.8, 4) is 11.5 Å². The highest BCUT2D eigenvalue weighted by molar-refractivity contribution is 9.10. The molecule has 4 nitrogen and oxygen atoms in total. The van der Waals surface area contributed by atoms with Gasteiger partial charge in [-0.3, -0.25) is 4.79 Å². The molecular formula is C27H26BrNO3. The summed E-state index contributed by atoms with van der Waals surface area (Å²) in [5.74, 6) is 1.65. The third-order valence-corrected chi connectivity index (χ3v) is 5.89. The number of hydrogen-bond donors (Lipinski definition) is 0. The lowest BCUT2D eigenvalue weighted by molar-refractivity contribution is -0.113. The molecule has 0 fully saturated rings. The van der Waals surface area contributed by atoms with Crippen molar-refractivity contribution in [2.45, 2.75) is 20.5 Å². The molecule has 1 heterocycles. The van der Waals surface area contributed by atoms with Crippen LogP contribution >= 0.6 is 15.9 Å². The topological polar surface area (TPSA) is 38.8 Å². The van der Waals surface area contributed by atoms with Gasteiger partial charge in [0.1, 0.15) is 6.61 Å². The van der Waals surface area contributed by atoms with E-state index in [2.05, 4.69) is 29.8 Å². The quantitative estimate of drug-likeness (QED) is 0.350. The third-order valence-electron chi connectivity index (χ3n) is 5.30. The van der Waals surface area contributed by atoms with E-state index in [0.29, 0.717) is 36.1 Å². The minimum absolute atomic E-state index is 0.0272. The van der Waals surface area contributed by atoms with Gasteiger partial charge in [0.15, 0.2) is 11.5 Å². The molecule has 0 bridgehead atoms. The maximum atomic E-state index is 13.3. The first-order valence-corrected chi connectivity index (χ1v) is 11.4. The van der Waals surface area contributed by atoms with Crippen molar-refractivity contribution < 1.29 is 14.3 Å². The van der Waals surface area contributed by atoms with Crippen LogP contribution in [0.4, 0.5) is 5.69 Å². The molecule has 3 aromatic carbocycles. The summed E-state index contributed by atoms with van der Waals surface area (Å²) in [7, 11) is 1.62. The number of rotatable bonds is 7. The van der Waals surface area contributed by atoms with Crippen molar-refractivity contribution in [1.82, 2.24) is 0 Å². The van der Waals surface area contributed by atoms with Gasteiger partial charge in [-0.05, 0) is 57.2 Å². The first-order valence-electron chi connectivity index (χ1n) is 10.6. The zero-order valence-electron chi connectivity index (χ0n) is 18.5. The lowest BCUT2D eigenvalue weighted by atomic mass is 10.0. The molecule has 1 amide bonds. The SMILES string of the molecule is COc1cc(/C=C2\C(=O)N(CC(C)C)c3ccccc32)cc(Br)c1OCc1ccccc1. The van der Waals surface area contributed by atoms with E-state index in [4.69, 9.17) is 9.47 Å². The molecule has 0 saturated heterocycles. The predicted molar refractivity (Wildman–Crippen MR) is 133 cm³/mol. The second kappa shape index (κ2) is 9.61. The van der Waals surface area contributed by atoms with Crippen LogP contribution in [0.5, 0.6) is 11.5 Å². The number of halogens is 1. The Bertz CT molecular complexity index is 1150. The Balaban J connectivity index is 1.67. The molecule has 0 aromatic heterocycles. The molecule has 0 saturated carbocycles. The summed E-state index contributed by atoms with van der Waals surface area (Å²) in [6.07, 6.45) is 1.93. The van der Waals surface area contributed by atoms with Crippen LogP contribution in [0.15, 0.2) is 71.2 Å². The summed E-state index contributed by atoms with van der Waals surface area (Å²) in [5.41, 5.74) is 4.55. The maximum Gasteiger partial charge on any atom is 0.259 e. The average molecular weight is 492 g/mol. The van der Waals surface area contributed by atoms with E-state index in [1.54, 1.807) is 7.11 Å². The molecule has 3 aromatic rings. The van der Waals surface area contributed by atoms with Crippen molar-refractivity contribution in [3.63, 3.8) is 0 Å². The number of hydrogen-bond acceptors (Lipinski definition) is 3. The Morgan fingerprint density at radius 3 is 2.47 bits per heavy atom. The number of carbonyl (C=O) groups is 1. The monoisotopic (exact) mass is 491 g/mol. The Hall–Kier alpha value is -3.05. The van der Waals surface area contributed by atoms with E-state index in [1.807, 2.05) is 77.7 Å². The molecule has 5 heteroatoms. The lowest BCUT2D eigenvalue weighted by Gasteiger charge is -2.19. The number of para-hydroxylation sites is 1. The predicted octanol–water partition coefficient (Wildman–Crippen LogP) is 6.58. The molecule has 0 spiro atoms. The van der Waals surface area contributed by atoms with Gasteiger partial charge < -0.3 is 14.4 Å². The van der Waals surface area contributed by atoms with Crippen LogP contribution in [0, 0.1) is 5.92 Å². The Labute approximate surface area is 197 Å². The number of fused-ring (bicyclic) bond motifs is 1. The van der Waals surface area contributed by atoms with E-state index in [0.717, 1.165) is 26.9 Å². The van der Waals surface area contributed by atoms with Gasteiger partial charge in [-0.2, -0.15) is 0 Å². The maximum absolute atomic E-state index is 13.3. The zero-order chi connectivity index (χ0) is 22.7. The second-order valence-corrected chi connectivity index (χ2v) is 9.05. The summed E-state index contributed by atoms with van der Waals surface area (Å²) in [5, 5.41) is 0. The smallest absolute Gasteiger partial charge is 0.259 e. The number of ether oxygens (including phenoxy) is 2.